The zero-order valence-corrected chi connectivity index (χ0v) is 15.1. The molecule has 144 valence electrons. The minimum Gasteiger partial charge on any atom is -0.507 e. The van der Waals surface area contributed by atoms with Crippen LogP contribution in [0.4, 0.5) is 0 Å². The van der Waals surface area contributed by atoms with Crippen LogP contribution in [0.1, 0.15) is 20.8 Å². The number of para-hydroxylation sites is 2. The first kappa shape index (κ1) is 18.1. The number of phenolic OH excluding ortho intramolecular Hbond substituents is 1. The van der Waals surface area contributed by atoms with Crippen molar-refractivity contribution in [1.82, 2.24) is 20.6 Å². The number of carbonyl (C=O) groups is 2. The molecule has 2 aromatic carbocycles. The summed E-state index contributed by atoms with van der Waals surface area (Å²) in [6.07, 6.45) is 1.52. The average molecular weight is 388 g/mol. The molecule has 0 unspecified atom stereocenters. The number of amides is 2. The number of hydrogen-bond donors (Lipinski definition) is 3. The molecule has 0 saturated carbocycles. The molecule has 8 heteroatoms. The molecule has 8 nitrogen and oxygen atoms in total. The highest BCUT2D eigenvalue weighted by Gasteiger charge is 2.20. The summed E-state index contributed by atoms with van der Waals surface area (Å²) in [6.45, 7) is 0. The van der Waals surface area contributed by atoms with E-state index in [4.69, 9.17) is 4.42 Å². The summed E-state index contributed by atoms with van der Waals surface area (Å²) in [5.41, 5.74) is 6.02. The van der Waals surface area contributed by atoms with Gasteiger partial charge in [0.05, 0.1) is 17.5 Å². The highest BCUT2D eigenvalue weighted by Crippen LogP contribution is 2.22. The summed E-state index contributed by atoms with van der Waals surface area (Å²) in [7, 11) is 0. The van der Waals surface area contributed by atoms with Crippen molar-refractivity contribution < 1.29 is 19.1 Å². The highest BCUT2D eigenvalue weighted by molar-refractivity contribution is 6.00. The van der Waals surface area contributed by atoms with Gasteiger partial charge in [-0.05, 0) is 36.4 Å². The summed E-state index contributed by atoms with van der Waals surface area (Å²) in [4.78, 5) is 25.0. The Kier molecular flexibility index (Phi) is 4.81. The third-order valence-corrected chi connectivity index (χ3v) is 4.15. The molecule has 2 amide bonds. The second-order valence-electron chi connectivity index (χ2n) is 6.06. The lowest BCUT2D eigenvalue weighted by Crippen LogP contribution is -2.42. The van der Waals surface area contributed by atoms with Crippen LogP contribution in [-0.4, -0.2) is 26.7 Å². The van der Waals surface area contributed by atoms with E-state index in [-0.39, 0.29) is 17.0 Å². The molecule has 0 atom stereocenters. The second kappa shape index (κ2) is 7.73. The van der Waals surface area contributed by atoms with E-state index in [1.54, 1.807) is 42.5 Å². The van der Waals surface area contributed by atoms with Crippen LogP contribution in [0.25, 0.3) is 17.1 Å². The van der Waals surface area contributed by atoms with Crippen molar-refractivity contribution in [2.45, 2.75) is 0 Å². The molecule has 0 spiro atoms. The van der Waals surface area contributed by atoms with Gasteiger partial charge in [-0.25, -0.2) is 4.68 Å². The Morgan fingerprint density at radius 3 is 2.34 bits per heavy atom. The number of rotatable bonds is 4. The topological polar surface area (TPSA) is 109 Å². The first-order chi connectivity index (χ1) is 14.1. The van der Waals surface area contributed by atoms with Gasteiger partial charge in [-0.3, -0.25) is 20.4 Å². The van der Waals surface area contributed by atoms with Gasteiger partial charge in [0.2, 0.25) is 0 Å². The van der Waals surface area contributed by atoms with E-state index < -0.39 is 11.8 Å². The van der Waals surface area contributed by atoms with Gasteiger partial charge in [0.25, 0.3) is 11.8 Å². The number of nitrogens with zero attached hydrogens (tertiary/aromatic N) is 2. The Morgan fingerprint density at radius 1 is 0.897 bits per heavy atom. The molecule has 29 heavy (non-hydrogen) atoms. The highest BCUT2D eigenvalue weighted by atomic mass is 16.3. The van der Waals surface area contributed by atoms with Gasteiger partial charge >= 0.3 is 0 Å². The van der Waals surface area contributed by atoms with Gasteiger partial charge in [0, 0.05) is 6.07 Å². The standard InChI is InChI=1S/C21H16N4O4/c26-18-10-5-4-9-15(18)20(27)22-23-21(28)17-13-16(19-11-6-12-29-19)24-25(17)14-7-2-1-3-8-14/h1-13,26H,(H,22,27)(H,23,28). The Bertz CT molecular complexity index is 1150. The molecule has 2 heterocycles. The van der Waals surface area contributed by atoms with E-state index in [1.165, 1.54) is 23.1 Å². The first-order valence-electron chi connectivity index (χ1n) is 8.71. The van der Waals surface area contributed by atoms with Gasteiger partial charge in [-0.15, -0.1) is 0 Å². The maximum Gasteiger partial charge on any atom is 0.288 e. The fourth-order valence-corrected chi connectivity index (χ4v) is 2.76. The Hall–Kier alpha value is -4.33. The number of furan rings is 1. The SMILES string of the molecule is O=C(NNC(=O)c1cc(-c2ccco2)nn1-c1ccccc1)c1ccccc1O. The zero-order chi connectivity index (χ0) is 20.2. The lowest BCUT2D eigenvalue weighted by molar-refractivity contribution is 0.0840. The molecule has 0 bridgehead atoms. The number of aromatic nitrogens is 2. The Balaban J connectivity index is 1.60. The van der Waals surface area contributed by atoms with Crippen molar-refractivity contribution in [3.05, 3.63) is 90.3 Å². The predicted octanol–water partition coefficient (Wildman–Crippen LogP) is 2.91. The number of hydrogen-bond acceptors (Lipinski definition) is 5. The lowest BCUT2D eigenvalue weighted by atomic mass is 10.2. The Labute approximate surface area is 165 Å². The number of hydrazine groups is 1. The average Bonchev–Trinajstić information content (AvgIpc) is 3.42. The molecule has 0 aliphatic heterocycles. The normalized spacial score (nSPS) is 10.5. The summed E-state index contributed by atoms with van der Waals surface area (Å²) in [5, 5.41) is 14.2. The van der Waals surface area contributed by atoms with Crippen molar-refractivity contribution in [1.29, 1.82) is 0 Å². The smallest absolute Gasteiger partial charge is 0.288 e. The minimum absolute atomic E-state index is 0.0423. The van der Waals surface area contributed by atoms with Crippen LogP contribution in [0.5, 0.6) is 5.75 Å². The molecule has 0 saturated heterocycles. The van der Waals surface area contributed by atoms with E-state index in [0.717, 1.165) is 0 Å². The van der Waals surface area contributed by atoms with Crippen molar-refractivity contribution in [3.63, 3.8) is 0 Å². The van der Waals surface area contributed by atoms with Crippen molar-refractivity contribution in [3.8, 4) is 22.9 Å². The van der Waals surface area contributed by atoms with Crippen LogP contribution < -0.4 is 10.9 Å². The van der Waals surface area contributed by atoms with Gasteiger partial charge in [-0.1, -0.05) is 30.3 Å². The van der Waals surface area contributed by atoms with Gasteiger partial charge in [0.15, 0.2) is 5.76 Å². The summed E-state index contributed by atoms with van der Waals surface area (Å²) < 4.78 is 6.83. The van der Waals surface area contributed by atoms with E-state index >= 15 is 0 Å². The summed E-state index contributed by atoms with van der Waals surface area (Å²) >= 11 is 0. The number of nitrogens with one attached hydrogen (secondary N) is 2. The van der Waals surface area contributed by atoms with Crippen LogP contribution in [0.15, 0.2) is 83.5 Å². The van der Waals surface area contributed by atoms with Crippen LogP contribution in [0, 0.1) is 0 Å². The van der Waals surface area contributed by atoms with Crippen LogP contribution >= 0.6 is 0 Å². The molecule has 0 aliphatic carbocycles. The van der Waals surface area contributed by atoms with E-state index in [2.05, 4.69) is 16.0 Å². The lowest BCUT2D eigenvalue weighted by Gasteiger charge is -2.10. The Morgan fingerprint density at radius 2 is 1.62 bits per heavy atom. The number of phenols is 1. The van der Waals surface area contributed by atoms with Crippen LogP contribution in [0.2, 0.25) is 0 Å². The van der Waals surface area contributed by atoms with Gasteiger partial charge < -0.3 is 9.52 Å². The zero-order valence-electron chi connectivity index (χ0n) is 15.1. The molecule has 3 N–H and O–H groups in total. The quantitative estimate of drug-likeness (QED) is 0.466. The maximum atomic E-state index is 12.8. The van der Waals surface area contributed by atoms with Crippen LogP contribution in [0.3, 0.4) is 0 Å². The molecule has 0 radical (unpaired) electrons. The minimum atomic E-state index is -0.645. The van der Waals surface area contributed by atoms with Crippen LogP contribution in [-0.2, 0) is 0 Å². The maximum absolute atomic E-state index is 12.8. The molecule has 2 aromatic heterocycles. The molecule has 0 aliphatic rings. The van der Waals surface area contributed by atoms with E-state index in [0.29, 0.717) is 17.1 Å². The monoisotopic (exact) mass is 388 g/mol. The van der Waals surface area contributed by atoms with Gasteiger partial charge in [-0.2, -0.15) is 5.10 Å². The molecular formula is C21H16N4O4. The van der Waals surface area contributed by atoms with Crippen molar-refractivity contribution >= 4 is 11.8 Å². The number of aromatic hydroxyl groups is 1. The number of carbonyl (C=O) groups excluding carboxylic acids is 2. The predicted molar refractivity (Wildman–Crippen MR) is 104 cm³/mol. The van der Waals surface area contributed by atoms with Crippen molar-refractivity contribution in [2.24, 2.45) is 0 Å². The fraction of sp³-hybridized carbons (Fsp3) is 0. The summed E-state index contributed by atoms with van der Waals surface area (Å²) in [5.74, 6) is -0.905. The molecule has 0 fully saturated rings. The van der Waals surface area contributed by atoms with Crippen molar-refractivity contribution in [2.75, 3.05) is 0 Å². The fourth-order valence-electron chi connectivity index (χ4n) is 2.76. The van der Waals surface area contributed by atoms with E-state index in [1.807, 2.05) is 18.2 Å². The largest absolute Gasteiger partial charge is 0.507 e. The second-order valence-corrected chi connectivity index (χ2v) is 6.06. The first-order valence-corrected chi connectivity index (χ1v) is 8.71. The summed E-state index contributed by atoms with van der Waals surface area (Å²) in [6, 6.07) is 20.2. The third-order valence-electron chi connectivity index (χ3n) is 4.15. The molecule has 4 rings (SSSR count). The molecule has 4 aromatic rings. The number of benzene rings is 2. The third kappa shape index (κ3) is 3.72. The van der Waals surface area contributed by atoms with E-state index in [9.17, 15) is 14.7 Å². The molecular weight excluding hydrogens is 372 g/mol. The van der Waals surface area contributed by atoms with Gasteiger partial charge in [0.1, 0.15) is 17.1 Å².